The molecule has 0 amide bonds. The molecule has 0 bridgehead atoms. The van der Waals surface area contributed by atoms with Gasteiger partial charge in [-0.3, -0.25) is 0 Å². The second-order valence-corrected chi connectivity index (χ2v) is 3.91. The van der Waals surface area contributed by atoms with E-state index in [-0.39, 0.29) is 0 Å². The first-order valence-corrected chi connectivity index (χ1v) is 5.61. The highest BCUT2D eigenvalue weighted by molar-refractivity contribution is 5.49. The van der Waals surface area contributed by atoms with Crippen LogP contribution in [0.15, 0.2) is 12.4 Å². The van der Waals surface area contributed by atoms with Crippen molar-refractivity contribution in [2.24, 2.45) is 0 Å². The molecular formula is C11H18N4. The average Bonchev–Trinajstić information content (AvgIpc) is 2.77. The van der Waals surface area contributed by atoms with E-state index in [9.17, 15) is 0 Å². The summed E-state index contributed by atoms with van der Waals surface area (Å²) in [4.78, 5) is 10.9. The fourth-order valence-electron chi connectivity index (χ4n) is 2.20. The zero-order valence-corrected chi connectivity index (χ0v) is 9.40. The Kier molecular flexibility index (Phi) is 3.04. The van der Waals surface area contributed by atoms with Crippen molar-refractivity contribution < 1.29 is 0 Å². The van der Waals surface area contributed by atoms with Crippen LogP contribution >= 0.6 is 0 Å². The average molecular weight is 206 g/mol. The molecule has 1 N–H and O–H groups in total. The molecule has 4 heteroatoms. The van der Waals surface area contributed by atoms with Gasteiger partial charge in [0.05, 0.1) is 0 Å². The van der Waals surface area contributed by atoms with E-state index in [4.69, 9.17) is 0 Å². The third kappa shape index (κ3) is 2.03. The van der Waals surface area contributed by atoms with Crippen LogP contribution < -0.4 is 10.2 Å². The number of nitrogens with one attached hydrogen (secondary N) is 1. The minimum atomic E-state index is 0.657. The summed E-state index contributed by atoms with van der Waals surface area (Å²) < 4.78 is 0. The molecule has 1 aliphatic heterocycles. The molecule has 2 heterocycles. The number of rotatable bonds is 3. The Bertz CT molecular complexity index is 326. The molecule has 1 fully saturated rings. The smallest absolute Gasteiger partial charge is 0.134 e. The molecular weight excluding hydrogens is 188 g/mol. The van der Waals surface area contributed by atoms with Gasteiger partial charge in [-0.15, -0.1) is 0 Å². The molecule has 0 aromatic carbocycles. The van der Waals surface area contributed by atoms with Crippen molar-refractivity contribution in [1.82, 2.24) is 9.97 Å². The Hall–Kier alpha value is -1.32. The molecule has 0 spiro atoms. The van der Waals surface area contributed by atoms with Crippen LogP contribution in [-0.2, 0) is 0 Å². The van der Waals surface area contributed by atoms with Crippen molar-refractivity contribution in [2.75, 3.05) is 23.8 Å². The highest BCUT2D eigenvalue weighted by atomic mass is 15.2. The Balaban J connectivity index is 2.20. The van der Waals surface area contributed by atoms with Gasteiger partial charge in [0.15, 0.2) is 0 Å². The summed E-state index contributed by atoms with van der Waals surface area (Å²) in [5.74, 6) is 1.94. The number of nitrogens with zero attached hydrogens (tertiary/aromatic N) is 3. The molecule has 4 nitrogen and oxygen atoms in total. The van der Waals surface area contributed by atoms with Gasteiger partial charge in [-0.25, -0.2) is 9.97 Å². The monoisotopic (exact) mass is 206 g/mol. The van der Waals surface area contributed by atoms with Gasteiger partial charge in [0, 0.05) is 25.7 Å². The maximum Gasteiger partial charge on any atom is 0.134 e. The van der Waals surface area contributed by atoms with E-state index < -0.39 is 0 Å². The van der Waals surface area contributed by atoms with Crippen molar-refractivity contribution in [3.8, 4) is 0 Å². The van der Waals surface area contributed by atoms with E-state index in [1.807, 2.05) is 13.1 Å². The lowest BCUT2D eigenvalue weighted by molar-refractivity contribution is 0.640. The van der Waals surface area contributed by atoms with E-state index in [1.54, 1.807) is 6.33 Å². The first-order valence-electron chi connectivity index (χ1n) is 5.61. The van der Waals surface area contributed by atoms with E-state index in [0.29, 0.717) is 6.04 Å². The van der Waals surface area contributed by atoms with Crippen LogP contribution in [0.2, 0.25) is 0 Å². The minimum absolute atomic E-state index is 0.657. The summed E-state index contributed by atoms with van der Waals surface area (Å²) in [6.45, 7) is 3.36. The zero-order valence-electron chi connectivity index (χ0n) is 9.40. The van der Waals surface area contributed by atoms with Crippen molar-refractivity contribution in [3.63, 3.8) is 0 Å². The number of hydrogen-bond donors (Lipinski definition) is 1. The van der Waals surface area contributed by atoms with Crippen LogP contribution in [0.1, 0.15) is 26.2 Å². The molecule has 15 heavy (non-hydrogen) atoms. The molecule has 1 saturated heterocycles. The largest absolute Gasteiger partial charge is 0.373 e. The van der Waals surface area contributed by atoms with Crippen LogP contribution in [0, 0.1) is 0 Å². The SMILES string of the molecule is CCC1CCCN1c1cc(NC)ncn1. The highest BCUT2D eigenvalue weighted by Crippen LogP contribution is 2.26. The van der Waals surface area contributed by atoms with E-state index in [0.717, 1.165) is 18.2 Å². The Labute approximate surface area is 90.7 Å². The maximum atomic E-state index is 4.34. The van der Waals surface area contributed by atoms with Crippen LogP contribution in [0.4, 0.5) is 11.6 Å². The molecule has 1 unspecified atom stereocenters. The molecule has 1 aliphatic rings. The van der Waals surface area contributed by atoms with E-state index >= 15 is 0 Å². The fraction of sp³-hybridized carbons (Fsp3) is 0.636. The molecule has 1 atom stereocenters. The molecule has 0 radical (unpaired) electrons. The topological polar surface area (TPSA) is 41.0 Å². The summed E-state index contributed by atoms with van der Waals surface area (Å²) >= 11 is 0. The van der Waals surface area contributed by atoms with Crippen molar-refractivity contribution in [1.29, 1.82) is 0 Å². The zero-order chi connectivity index (χ0) is 10.7. The van der Waals surface area contributed by atoms with Gasteiger partial charge >= 0.3 is 0 Å². The van der Waals surface area contributed by atoms with Gasteiger partial charge in [-0.1, -0.05) is 6.92 Å². The summed E-state index contributed by atoms with van der Waals surface area (Å²) in [7, 11) is 1.88. The van der Waals surface area contributed by atoms with E-state index in [2.05, 4.69) is 27.1 Å². The predicted octanol–water partition coefficient (Wildman–Crippen LogP) is 1.90. The van der Waals surface area contributed by atoms with Gasteiger partial charge in [0.1, 0.15) is 18.0 Å². The number of aromatic nitrogens is 2. The van der Waals surface area contributed by atoms with Crippen LogP contribution in [0.5, 0.6) is 0 Å². The molecule has 0 aliphatic carbocycles. The molecule has 0 saturated carbocycles. The molecule has 1 aromatic rings. The van der Waals surface area contributed by atoms with Gasteiger partial charge in [0.25, 0.3) is 0 Å². The van der Waals surface area contributed by atoms with E-state index in [1.165, 1.54) is 19.3 Å². The van der Waals surface area contributed by atoms with Gasteiger partial charge in [-0.05, 0) is 19.3 Å². The standard InChI is InChI=1S/C11H18N4/c1-3-9-5-4-6-15(9)11-7-10(12-2)13-8-14-11/h7-9H,3-6H2,1-2H3,(H,12,13,14). The molecule has 2 rings (SSSR count). The Morgan fingerprint density at radius 2 is 2.40 bits per heavy atom. The highest BCUT2D eigenvalue weighted by Gasteiger charge is 2.23. The summed E-state index contributed by atoms with van der Waals surface area (Å²) in [6, 6.07) is 2.68. The molecule has 1 aromatic heterocycles. The lowest BCUT2D eigenvalue weighted by atomic mass is 10.2. The number of anilines is 2. The maximum absolute atomic E-state index is 4.34. The lowest BCUT2D eigenvalue weighted by Gasteiger charge is -2.24. The van der Waals surface area contributed by atoms with Crippen LogP contribution in [0.25, 0.3) is 0 Å². The third-order valence-electron chi connectivity index (χ3n) is 3.05. The van der Waals surface area contributed by atoms with Crippen molar-refractivity contribution in [3.05, 3.63) is 12.4 Å². The van der Waals surface area contributed by atoms with Gasteiger partial charge < -0.3 is 10.2 Å². The quantitative estimate of drug-likeness (QED) is 0.820. The minimum Gasteiger partial charge on any atom is -0.373 e. The summed E-state index contributed by atoms with van der Waals surface area (Å²) in [5, 5.41) is 3.05. The Morgan fingerprint density at radius 3 is 3.13 bits per heavy atom. The Morgan fingerprint density at radius 1 is 1.53 bits per heavy atom. The second-order valence-electron chi connectivity index (χ2n) is 3.91. The van der Waals surface area contributed by atoms with Crippen molar-refractivity contribution >= 4 is 11.6 Å². The second kappa shape index (κ2) is 4.47. The molecule has 82 valence electrons. The number of hydrogen-bond acceptors (Lipinski definition) is 4. The first kappa shape index (κ1) is 10.2. The lowest BCUT2D eigenvalue weighted by Crippen LogP contribution is -2.29. The fourth-order valence-corrected chi connectivity index (χ4v) is 2.20. The van der Waals surface area contributed by atoms with Gasteiger partial charge in [0.2, 0.25) is 0 Å². The van der Waals surface area contributed by atoms with Gasteiger partial charge in [-0.2, -0.15) is 0 Å². The normalized spacial score (nSPS) is 20.7. The summed E-state index contributed by atoms with van der Waals surface area (Å²) in [6.07, 6.45) is 5.39. The van der Waals surface area contributed by atoms with Crippen molar-refractivity contribution in [2.45, 2.75) is 32.2 Å². The van der Waals surface area contributed by atoms with Crippen LogP contribution in [0.3, 0.4) is 0 Å². The third-order valence-corrected chi connectivity index (χ3v) is 3.05. The predicted molar refractivity (Wildman–Crippen MR) is 62.2 cm³/mol. The van der Waals surface area contributed by atoms with Crippen LogP contribution in [-0.4, -0.2) is 29.6 Å². The first-order chi connectivity index (χ1) is 7.35. The summed E-state index contributed by atoms with van der Waals surface area (Å²) in [5.41, 5.74) is 0.